The maximum atomic E-state index is 12.0. The predicted molar refractivity (Wildman–Crippen MR) is 97.7 cm³/mol. The van der Waals surface area contributed by atoms with Crippen molar-refractivity contribution in [3.05, 3.63) is 48.0 Å². The first-order valence-corrected chi connectivity index (χ1v) is 10.1. The number of primary sulfonamides is 1. The van der Waals surface area contributed by atoms with E-state index in [2.05, 4.69) is 12.2 Å². The molecule has 2 rings (SSSR count). The Kier molecular flexibility index (Phi) is 6.68. The van der Waals surface area contributed by atoms with E-state index in [1.807, 2.05) is 30.3 Å². The molecule has 0 unspecified atom stereocenters. The lowest BCUT2D eigenvalue weighted by Gasteiger charge is -2.16. The quantitative estimate of drug-likeness (QED) is 0.624. The average molecular weight is 367 g/mol. The first-order chi connectivity index (χ1) is 11.5. The Morgan fingerprint density at radius 2 is 1.92 bits per heavy atom. The Morgan fingerprint density at radius 3 is 2.50 bits per heavy atom. The van der Waals surface area contributed by atoms with Gasteiger partial charge in [0.1, 0.15) is 0 Å². The molecular formula is C17H22N2O3S2. The number of hydrogen-bond donors (Lipinski definition) is 3. The molecule has 0 aliphatic rings. The normalized spacial score (nSPS) is 11.5. The first kappa shape index (κ1) is 18.8. The van der Waals surface area contributed by atoms with Gasteiger partial charge in [0.15, 0.2) is 0 Å². The second-order valence-corrected chi connectivity index (χ2v) is 7.98. The van der Waals surface area contributed by atoms with Crippen molar-refractivity contribution >= 4 is 27.5 Å². The predicted octanol–water partition coefficient (Wildman–Crippen LogP) is 3.19. The molecule has 0 saturated carbocycles. The molecule has 0 saturated heterocycles. The molecule has 5 nitrogen and oxygen atoms in total. The van der Waals surface area contributed by atoms with Crippen LogP contribution in [0.25, 0.3) is 0 Å². The number of aliphatic hydroxyl groups is 1. The second-order valence-electron chi connectivity index (χ2n) is 5.37. The van der Waals surface area contributed by atoms with E-state index in [1.54, 1.807) is 6.07 Å². The third-order valence-electron chi connectivity index (χ3n) is 3.41. The molecule has 2 aromatic carbocycles. The molecule has 0 aliphatic carbocycles. The van der Waals surface area contributed by atoms with Crippen LogP contribution in [0.2, 0.25) is 0 Å². The Hall–Kier alpha value is -1.54. The highest BCUT2D eigenvalue weighted by atomic mass is 32.2. The number of nitrogens with two attached hydrogens (primary N) is 1. The van der Waals surface area contributed by atoms with Crippen molar-refractivity contribution in [2.24, 2.45) is 5.14 Å². The van der Waals surface area contributed by atoms with E-state index in [9.17, 15) is 13.5 Å². The van der Waals surface area contributed by atoms with Crippen molar-refractivity contribution in [1.29, 1.82) is 0 Å². The number of hydrogen-bond acceptors (Lipinski definition) is 5. The Bertz CT molecular complexity index is 778. The van der Waals surface area contributed by atoms with E-state index in [0.29, 0.717) is 16.1 Å². The van der Waals surface area contributed by atoms with Crippen molar-refractivity contribution in [2.75, 3.05) is 11.9 Å². The Labute approximate surface area is 147 Å². The lowest BCUT2D eigenvalue weighted by atomic mass is 10.2. The zero-order valence-electron chi connectivity index (χ0n) is 13.5. The van der Waals surface area contributed by atoms with Gasteiger partial charge >= 0.3 is 0 Å². The summed E-state index contributed by atoms with van der Waals surface area (Å²) >= 11 is 1.34. The molecule has 0 spiro atoms. The van der Waals surface area contributed by atoms with Crippen molar-refractivity contribution in [3.63, 3.8) is 0 Å². The van der Waals surface area contributed by atoms with Crippen molar-refractivity contribution in [2.45, 2.75) is 41.1 Å². The topological polar surface area (TPSA) is 92.4 Å². The number of rotatable bonds is 8. The van der Waals surface area contributed by atoms with Gasteiger partial charge in [-0.2, -0.15) is 0 Å². The van der Waals surface area contributed by atoms with Gasteiger partial charge in [0.2, 0.25) is 10.0 Å². The number of unbranched alkanes of at least 4 members (excludes halogenated alkanes) is 1. The monoisotopic (exact) mass is 366 g/mol. The molecule has 0 aromatic heterocycles. The summed E-state index contributed by atoms with van der Waals surface area (Å²) in [4.78, 5) is 1.50. The van der Waals surface area contributed by atoms with Crippen LogP contribution in [-0.2, 0) is 16.6 Å². The fourth-order valence-electron chi connectivity index (χ4n) is 2.20. The largest absolute Gasteiger partial charge is 0.392 e. The van der Waals surface area contributed by atoms with Crippen LogP contribution in [-0.4, -0.2) is 20.1 Å². The molecule has 7 heteroatoms. The number of anilines is 1. The minimum Gasteiger partial charge on any atom is -0.392 e. The molecule has 4 N–H and O–H groups in total. The molecule has 0 radical (unpaired) electrons. The molecule has 0 amide bonds. The maximum Gasteiger partial charge on any atom is 0.239 e. The van der Waals surface area contributed by atoms with Gasteiger partial charge in [-0.15, -0.1) is 0 Å². The lowest BCUT2D eigenvalue weighted by molar-refractivity contribution is 0.281. The number of benzene rings is 2. The fraction of sp³-hybridized carbons (Fsp3) is 0.294. The van der Waals surface area contributed by atoms with Crippen molar-refractivity contribution < 1.29 is 13.5 Å². The van der Waals surface area contributed by atoms with Crippen LogP contribution >= 0.6 is 11.8 Å². The minimum absolute atomic E-state index is 0.0295. The van der Waals surface area contributed by atoms with Gasteiger partial charge in [0, 0.05) is 17.1 Å². The summed E-state index contributed by atoms with van der Waals surface area (Å²) in [6.45, 7) is 2.56. The minimum atomic E-state index is -3.91. The molecule has 130 valence electrons. The lowest BCUT2D eigenvalue weighted by Crippen LogP contribution is -2.15. The summed E-state index contributed by atoms with van der Waals surface area (Å²) in [7, 11) is -3.91. The van der Waals surface area contributed by atoms with E-state index in [-0.39, 0.29) is 11.5 Å². The van der Waals surface area contributed by atoms with Crippen LogP contribution in [0.4, 0.5) is 5.69 Å². The SMILES string of the molecule is CCCCNc1cc(CO)cc(S(N)(=O)=O)c1Sc1ccccc1. The van der Waals surface area contributed by atoms with Gasteiger partial charge in [-0.1, -0.05) is 43.3 Å². The number of nitrogens with one attached hydrogen (secondary N) is 1. The number of sulfonamides is 1. The molecule has 2 aromatic rings. The highest BCUT2D eigenvalue weighted by Crippen LogP contribution is 2.39. The smallest absolute Gasteiger partial charge is 0.239 e. The molecular weight excluding hydrogens is 344 g/mol. The van der Waals surface area contributed by atoms with Crippen LogP contribution in [0, 0.1) is 0 Å². The fourth-order valence-corrected chi connectivity index (χ4v) is 4.29. The highest BCUT2D eigenvalue weighted by molar-refractivity contribution is 8.00. The standard InChI is InChI=1S/C17H22N2O3S2/c1-2-3-9-19-15-10-13(12-20)11-16(24(18,21)22)17(15)23-14-7-5-4-6-8-14/h4-8,10-11,19-20H,2-3,9,12H2,1H3,(H2,18,21,22). The van der Waals surface area contributed by atoms with Gasteiger partial charge in [-0.25, -0.2) is 13.6 Å². The Balaban J connectivity index is 2.53. The third kappa shape index (κ3) is 4.98. The Morgan fingerprint density at radius 1 is 1.21 bits per heavy atom. The first-order valence-electron chi connectivity index (χ1n) is 7.73. The van der Waals surface area contributed by atoms with E-state index in [0.717, 1.165) is 24.3 Å². The van der Waals surface area contributed by atoms with Crippen LogP contribution in [0.5, 0.6) is 0 Å². The summed E-state index contributed by atoms with van der Waals surface area (Å²) in [5, 5.41) is 18.1. The van der Waals surface area contributed by atoms with Gasteiger partial charge in [0.05, 0.1) is 16.4 Å². The van der Waals surface area contributed by atoms with Gasteiger partial charge in [-0.3, -0.25) is 0 Å². The van der Waals surface area contributed by atoms with Crippen LogP contribution in [0.15, 0.2) is 57.2 Å². The molecule has 0 heterocycles. The maximum absolute atomic E-state index is 12.0. The second kappa shape index (κ2) is 8.53. The molecule has 0 atom stereocenters. The summed E-state index contributed by atoms with van der Waals surface area (Å²) in [5.41, 5.74) is 1.18. The van der Waals surface area contributed by atoms with Crippen molar-refractivity contribution in [1.82, 2.24) is 0 Å². The molecule has 0 fully saturated rings. The highest BCUT2D eigenvalue weighted by Gasteiger charge is 2.20. The van der Waals surface area contributed by atoms with E-state index >= 15 is 0 Å². The molecule has 0 aliphatic heterocycles. The summed E-state index contributed by atoms with van der Waals surface area (Å²) < 4.78 is 24.1. The van der Waals surface area contributed by atoms with E-state index in [4.69, 9.17) is 5.14 Å². The number of aliphatic hydroxyl groups excluding tert-OH is 1. The summed E-state index contributed by atoms with van der Waals surface area (Å²) in [6, 6.07) is 12.7. The van der Waals surface area contributed by atoms with Gasteiger partial charge in [0.25, 0.3) is 0 Å². The van der Waals surface area contributed by atoms with E-state index < -0.39 is 10.0 Å². The zero-order chi connectivity index (χ0) is 17.6. The van der Waals surface area contributed by atoms with Gasteiger partial charge in [-0.05, 0) is 36.2 Å². The van der Waals surface area contributed by atoms with Crippen molar-refractivity contribution in [3.8, 4) is 0 Å². The summed E-state index contributed by atoms with van der Waals surface area (Å²) in [5.74, 6) is 0. The van der Waals surface area contributed by atoms with Crippen LogP contribution in [0.3, 0.4) is 0 Å². The molecule has 24 heavy (non-hydrogen) atoms. The third-order valence-corrected chi connectivity index (χ3v) is 5.63. The average Bonchev–Trinajstić information content (AvgIpc) is 2.56. The van der Waals surface area contributed by atoms with Crippen LogP contribution < -0.4 is 10.5 Å². The van der Waals surface area contributed by atoms with Gasteiger partial charge < -0.3 is 10.4 Å². The summed E-state index contributed by atoms with van der Waals surface area (Å²) in [6.07, 6.45) is 1.99. The zero-order valence-corrected chi connectivity index (χ0v) is 15.2. The van der Waals surface area contributed by atoms with Crippen LogP contribution in [0.1, 0.15) is 25.3 Å². The molecule has 0 bridgehead atoms. The van der Waals surface area contributed by atoms with E-state index in [1.165, 1.54) is 17.8 Å².